The minimum absolute atomic E-state index is 0.00194. The Morgan fingerprint density at radius 3 is 3.00 bits per heavy atom. The molecule has 2 amide bonds. The number of fused-ring (bicyclic) bond motifs is 1. The molecule has 2 aromatic rings. The first-order valence-corrected chi connectivity index (χ1v) is 7.37. The highest BCUT2D eigenvalue weighted by Crippen LogP contribution is 2.28. The van der Waals surface area contributed by atoms with Crippen molar-refractivity contribution in [1.29, 1.82) is 0 Å². The summed E-state index contributed by atoms with van der Waals surface area (Å²) in [7, 11) is 1.88. The first-order valence-electron chi connectivity index (χ1n) is 6.55. The van der Waals surface area contributed by atoms with Crippen LogP contribution in [0.5, 0.6) is 0 Å². The van der Waals surface area contributed by atoms with Crippen molar-refractivity contribution in [2.45, 2.75) is 13.3 Å². The zero-order valence-corrected chi connectivity index (χ0v) is 12.3. The predicted octanol–water partition coefficient (Wildman–Crippen LogP) is 0.905. The topological polar surface area (TPSA) is 67.2 Å². The van der Waals surface area contributed by atoms with Gasteiger partial charge in [0.05, 0.1) is 10.6 Å². The SMILES string of the molecule is Cc1nn(C)c2sc(C(=O)N3CCNC(=O)CC3)cc12. The number of nitrogens with one attached hydrogen (secondary N) is 1. The van der Waals surface area contributed by atoms with Gasteiger partial charge >= 0.3 is 0 Å². The van der Waals surface area contributed by atoms with Crippen LogP contribution in [-0.4, -0.2) is 46.1 Å². The second-order valence-electron chi connectivity index (χ2n) is 4.93. The summed E-state index contributed by atoms with van der Waals surface area (Å²) in [5.41, 5.74) is 0.936. The summed E-state index contributed by atoms with van der Waals surface area (Å²) < 4.78 is 1.81. The third kappa shape index (κ3) is 2.18. The molecule has 0 bridgehead atoms. The molecule has 2 aromatic heterocycles. The van der Waals surface area contributed by atoms with Gasteiger partial charge in [-0.2, -0.15) is 5.10 Å². The third-order valence-corrected chi connectivity index (χ3v) is 4.70. The lowest BCUT2D eigenvalue weighted by molar-refractivity contribution is -0.120. The molecule has 1 saturated heterocycles. The van der Waals surface area contributed by atoms with E-state index < -0.39 is 0 Å². The summed E-state index contributed by atoms with van der Waals surface area (Å²) >= 11 is 1.46. The number of thiophene rings is 1. The van der Waals surface area contributed by atoms with Crippen LogP contribution in [0.2, 0.25) is 0 Å². The number of carbonyl (C=O) groups excluding carboxylic acids is 2. The molecule has 3 rings (SSSR count). The third-order valence-electron chi connectivity index (χ3n) is 3.51. The summed E-state index contributed by atoms with van der Waals surface area (Å²) in [6.45, 7) is 3.51. The first-order chi connectivity index (χ1) is 9.56. The maximum absolute atomic E-state index is 12.5. The lowest BCUT2D eigenvalue weighted by Crippen LogP contribution is -2.33. The second kappa shape index (κ2) is 4.90. The monoisotopic (exact) mass is 292 g/mol. The van der Waals surface area contributed by atoms with Crippen molar-refractivity contribution in [2.24, 2.45) is 7.05 Å². The predicted molar refractivity (Wildman–Crippen MR) is 76.9 cm³/mol. The number of amides is 2. The maximum Gasteiger partial charge on any atom is 0.264 e. The molecular formula is C13H16N4O2S. The smallest absolute Gasteiger partial charge is 0.264 e. The molecule has 0 aromatic carbocycles. The Bertz CT molecular complexity index is 653. The molecule has 1 fully saturated rings. The van der Waals surface area contributed by atoms with Crippen LogP contribution < -0.4 is 5.32 Å². The van der Waals surface area contributed by atoms with Crippen LogP contribution in [0.3, 0.4) is 0 Å². The standard InChI is InChI=1S/C13H16N4O2S/c1-8-9-7-10(20-13(9)16(2)15-8)12(19)17-5-3-11(18)14-4-6-17/h7H,3-6H2,1-2H3,(H,14,18). The van der Waals surface area contributed by atoms with Crippen LogP contribution in [0, 0.1) is 6.92 Å². The number of nitrogens with zero attached hydrogens (tertiary/aromatic N) is 3. The minimum atomic E-state index is 0.00194. The summed E-state index contributed by atoms with van der Waals surface area (Å²) in [6.07, 6.45) is 0.372. The fourth-order valence-electron chi connectivity index (χ4n) is 2.44. The molecule has 0 radical (unpaired) electrons. The molecule has 0 saturated carbocycles. The van der Waals surface area contributed by atoms with Crippen LogP contribution in [0.1, 0.15) is 21.8 Å². The average Bonchev–Trinajstić information content (AvgIpc) is 2.88. The van der Waals surface area contributed by atoms with E-state index in [1.165, 1.54) is 11.3 Å². The fourth-order valence-corrected chi connectivity index (χ4v) is 3.53. The molecule has 0 aliphatic carbocycles. The molecule has 106 valence electrons. The van der Waals surface area contributed by atoms with E-state index in [9.17, 15) is 9.59 Å². The van der Waals surface area contributed by atoms with Gasteiger partial charge in [-0.1, -0.05) is 0 Å². The number of carbonyl (C=O) groups is 2. The molecule has 3 heterocycles. The van der Waals surface area contributed by atoms with Gasteiger partial charge in [0.1, 0.15) is 4.83 Å². The van der Waals surface area contributed by atoms with Crippen molar-refractivity contribution in [3.05, 3.63) is 16.6 Å². The Labute approximate surface area is 120 Å². The molecule has 0 spiro atoms. The van der Waals surface area contributed by atoms with E-state index in [0.29, 0.717) is 30.9 Å². The van der Waals surface area contributed by atoms with E-state index in [1.807, 2.05) is 20.0 Å². The molecule has 1 aliphatic rings. The first kappa shape index (κ1) is 13.1. The van der Waals surface area contributed by atoms with Gasteiger partial charge in [-0.05, 0) is 13.0 Å². The molecule has 1 aliphatic heterocycles. The highest BCUT2D eigenvalue weighted by Gasteiger charge is 2.22. The van der Waals surface area contributed by atoms with E-state index in [1.54, 1.807) is 9.58 Å². The minimum Gasteiger partial charge on any atom is -0.354 e. The van der Waals surface area contributed by atoms with Gasteiger partial charge in [0, 0.05) is 38.5 Å². The zero-order valence-electron chi connectivity index (χ0n) is 11.5. The zero-order chi connectivity index (χ0) is 14.3. The molecule has 6 nitrogen and oxygen atoms in total. The highest BCUT2D eigenvalue weighted by molar-refractivity contribution is 7.20. The quantitative estimate of drug-likeness (QED) is 0.849. The summed E-state index contributed by atoms with van der Waals surface area (Å²) in [5.74, 6) is 0.0128. The van der Waals surface area contributed by atoms with Crippen LogP contribution in [0.25, 0.3) is 10.2 Å². The van der Waals surface area contributed by atoms with Gasteiger partial charge in [-0.15, -0.1) is 11.3 Å². The molecule has 7 heteroatoms. The fraction of sp³-hybridized carbons (Fsp3) is 0.462. The highest BCUT2D eigenvalue weighted by atomic mass is 32.1. The van der Waals surface area contributed by atoms with E-state index in [0.717, 1.165) is 15.9 Å². The molecular weight excluding hydrogens is 276 g/mol. The summed E-state index contributed by atoms with van der Waals surface area (Å²) in [5, 5.41) is 8.14. The number of hydrogen-bond donors (Lipinski definition) is 1. The van der Waals surface area contributed by atoms with E-state index in [-0.39, 0.29) is 11.8 Å². The van der Waals surface area contributed by atoms with Crippen molar-refractivity contribution in [1.82, 2.24) is 20.0 Å². The Hall–Kier alpha value is -1.89. The molecule has 0 atom stereocenters. The van der Waals surface area contributed by atoms with Gasteiger partial charge < -0.3 is 10.2 Å². The Kier molecular flexibility index (Phi) is 3.21. The number of aryl methyl sites for hydroxylation is 2. The molecule has 20 heavy (non-hydrogen) atoms. The number of aromatic nitrogens is 2. The molecule has 0 unspecified atom stereocenters. The maximum atomic E-state index is 12.5. The number of rotatable bonds is 1. The van der Waals surface area contributed by atoms with Gasteiger partial charge in [0.25, 0.3) is 5.91 Å². The van der Waals surface area contributed by atoms with E-state index in [4.69, 9.17) is 0 Å². The number of hydrogen-bond acceptors (Lipinski definition) is 4. The van der Waals surface area contributed by atoms with Crippen molar-refractivity contribution in [2.75, 3.05) is 19.6 Å². The Morgan fingerprint density at radius 1 is 1.45 bits per heavy atom. The van der Waals surface area contributed by atoms with Gasteiger partial charge in [-0.3, -0.25) is 14.3 Å². The van der Waals surface area contributed by atoms with Crippen molar-refractivity contribution < 1.29 is 9.59 Å². The molecule has 1 N–H and O–H groups in total. The van der Waals surface area contributed by atoms with Crippen molar-refractivity contribution >= 4 is 33.4 Å². The summed E-state index contributed by atoms with van der Waals surface area (Å²) in [6, 6.07) is 1.91. The van der Waals surface area contributed by atoms with Crippen molar-refractivity contribution in [3.63, 3.8) is 0 Å². The summed E-state index contributed by atoms with van der Waals surface area (Å²) in [4.78, 5) is 27.3. The van der Waals surface area contributed by atoms with Crippen molar-refractivity contribution in [3.8, 4) is 0 Å². The van der Waals surface area contributed by atoms with E-state index >= 15 is 0 Å². The Balaban J connectivity index is 1.88. The normalized spacial score (nSPS) is 16.3. The van der Waals surface area contributed by atoms with Crippen LogP contribution in [0.4, 0.5) is 0 Å². The van der Waals surface area contributed by atoms with Crippen LogP contribution >= 0.6 is 11.3 Å². The lowest BCUT2D eigenvalue weighted by Gasteiger charge is -2.18. The van der Waals surface area contributed by atoms with Gasteiger partial charge in [0.15, 0.2) is 0 Å². The van der Waals surface area contributed by atoms with Crippen LogP contribution in [0.15, 0.2) is 6.07 Å². The van der Waals surface area contributed by atoms with E-state index in [2.05, 4.69) is 10.4 Å². The second-order valence-corrected chi connectivity index (χ2v) is 5.96. The lowest BCUT2D eigenvalue weighted by atomic mass is 10.3. The largest absolute Gasteiger partial charge is 0.354 e. The van der Waals surface area contributed by atoms with Gasteiger partial charge in [-0.25, -0.2) is 0 Å². The van der Waals surface area contributed by atoms with Crippen LogP contribution in [-0.2, 0) is 11.8 Å². The van der Waals surface area contributed by atoms with Gasteiger partial charge in [0.2, 0.25) is 5.91 Å². The Morgan fingerprint density at radius 2 is 2.25 bits per heavy atom. The average molecular weight is 292 g/mol.